The van der Waals surface area contributed by atoms with Crippen LogP contribution in [0.4, 0.5) is 9.59 Å². The van der Waals surface area contributed by atoms with Gasteiger partial charge in [-0.2, -0.15) is 0 Å². The van der Waals surface area contributed by atoms with Crippen molar-refractivity contribution >= 4 is 24.1 Å². The molecule has 0 heterocycles. The zero-order chi connectivity index (χ0) is 21.3. The molecule has 0 spiro atoms. The second-order valence-electron chi connectivity index (χ2n) is 7.48. The van der Waals surface area contributed by atoms with E-state index in [2.05, 4.69) is 10.6 Å². The van der Waals surface area contributed by atoms with E-state index in [4.69, 9.17) is 20.3 Å². The lowest BCUT2D eigenvalue weighted by atomic mass is 10.2. The quantitative estimate of drug-likeness (QED) is 0.576. The fraction of sp³-hybridized carbons (Fsp3) is 0.750. The van der Waals surface area contributed by atoms with Gasteiger partial charge in [-0.1, -0.05) is 0 Å². The molecule has 0 aromatic rings. The summed E-state index contributed by atoms with van der Waals surface area (Å²) in [5.74, 6) is -1.68. The van der Waals surface area contributed by atoms with Crippen LogP contribution in [0.1, 0.15) is 55.4 Å². The van der Waals surface area contributed by atoms with Crippen molar-refractivity contribution in [1.29, 1.82) is 0 Å². The molecule has 0 aromatic heterocycles. The Bertz CT molecular complexity index is 461. The van der Waals surface area contributed by atoms with Gasteiger partial charge in [0.05, 0.1) is 0 Å². The van der Waals surface area contributed by atoms with E-state index in [9.17, 15) is 19.2 Å². The van der Waals surface area contributed by atoms with Gasteiger partial charge in [0.15, 0.2) is 0 Å². The molecule has 0 unspecified atom stereocenters. The average Bonchev–Trinajstić information content (AvgIpc) is 2.33. The molecule has 0 aliphatic carbocycles. The second kappa shape index (κ2) is 10.5. The van der Waals surface area contributed by atoms with E-state index in [0.29, 0.717) is 0 Å². The summed E-state index contributed by atoms with van der Waals surface area (Å²) in [6, 6.07) is -1.65. The van der Waals surface area contributed by atoms with Gasteiger partial charge in [0, 0.05) is 0 Å². The van der Waals surface area contributed by atoms with Crippen LogP contribution >= 0.6 is 0 Å². The first-order valence-electron chi connectivity index (χ1n) is 7.95. The Morgan fingerprint density at radius 3 is 1.35 bits per heavy atom. The minimum atomic E-state index is -1.09. The van der Waals surface area contributed by atoms with Crippen molar-refractivity contribution in [3.8, 4) is 0 Å². The van der Waals surface area contributed by atoms with Crippen LogP contribution < -0.4 is 16.4 Å². The molecular formula is C16H31N3O7. The second-order valence-corrected chi connectivity index (χ2v) is 7.48. The van der Waals surface area contributed by atoms with Crippen LogP contribution in [-0.2, 0) is 19.1 Å². The van der Waals surface area contributed by atoms with Gasteiger partial charge in [0.2, 0.25) is 5.91 Å². The van der Waals surface area contributed by atoms with Crippen molar-refractivity contribution in [3.05, 3.63) is 0 Å². The Hall–Kier alpha value is -2.52. The topological polar surface area (TPSA) is 157 Å². The highest BCUT2D eigenvalue weighted by Gasteiger charge is 2.20. The molecular weight excluding hydrogens is 346 g/mol. The number of aliphatic carboxylic acids is 1. The van der Waals surface area contributed by atoms with E-state index in [1.165, 1.54) is 13.8 Å². The summed E-state index contributed by atoms with van der Waals surface area (Å²) in [5, 5.41) is 12.9. The first-order valence-corrected chi connectivity index (χ1v) is 7.95. The average molecular weight is 377 g/mol. The van der Waals surface area contributed by atoms with Crippen LogP contribution in [0.2, 0.25) is 0 Å². The van der Waals surface area contributed by atoms with Gasteiger partial charge in [-0.05, 0) is 55.4 Å². The summed E-state index contributed by atoms with van der Waals surface area (Å²) < 4.78 is 9.75. The number of amides is 3. The predicted octanol–water partition coefficient (Wildman–Crippen LogP) is 1.37. The van der Waals surface area contributed by atoms with Crippen LogP contribution in [-0.4, -0.2) is 52.5 Å². The summed E-state index contributed by atoms with van der Waals surface area (Å²) in [7, 11) is 0. The highest BCUT2D eigenvalue weighted by molar-refractivity contribution is 5.83. The van der Waals surface area contributed by atoms with Crippen molar-refractivity contribution in [3.63, 3.8) is 0 Å². The number of nitrogens with two attached hydrogens (primary N) is 1. The number of carbonyl (C=O) groups excluding carboxylic acids is 3. The minimum Gasteiger partial charge on any atom is -0.480 e. The Labute approximate surface area is 153 Å². The third kappa shape index (κ3) is 16.3. The number of carboxylic acid groups (broad SMARTS) is 1. The van der Waals surface area contributed by atoms with Gasteiger partial charge in [0.25, 0.3) is 0 Å². The number of alkyl carbamates (subject to hydrolysis) is 2. The smallest absolute Gasteiger partial charge is 0.408 e. The Morgan fingerprint density at radius 1 is 0.808 bits per heavy atom. The van der Waals surface area contributed by atoms with E-state index in [0.717, 1.165) is 0 Å². The van der Waals surface area contributed by atoms with Gasteiger partial charge in [-0.25, -0.2) is 9.59 Å². The molecule has 152 valence electrons. The number of carbonyl (C=O) groups is 4. The number of rotatable bonds is 4. The molecule has 0 aromatic carbocycles. The summed E-state index contributed by atoms with van der Waals surface area (Å²) in [6.07, 6.45) is -1.36. The van der Waals surface area contributed by atoms with Crippen molar-refractivity contribution in [2.75, 3.05) is 0 Å². The molecule has 10 nitrogen and oxygen atoms in total. The number of carboxylic acids is 1. The monoisotopic (exact) mass is 377 g/mol. The van der Waals surface area contributed by atoms with Crippen LogP contribution in [0.25, 0.3) is 0 Å². The normalized spacial score (nSPS) is 13.2. The predicted molar refractivity (Wildman–Crippen MR) is 94.5 cm³/mol. The number of hydrogen-bond acceptors (Lipinski definition) is 6. The van der Waals surface area contributed by atoms with Crippen LogP contribution in [0, 0.1) is 0 Å². The number of ether oxygens (including phenoxy) is 2. The largest absolute Gasteiger partial charge is 0.480 e. The number of primary amides is 1. The lowest BCUT2D eigenvalue weighted by Gasteiger charge is -2.20. The van der Waals surface area contributed by atoms with Gasteiger partial charge < -0.3 is 30.9 Å². The van der Waals surface area contributed by atoms with Gasteiger partial charge in [-0.3, -0.25) is 9.59 Å². The fourth-order valence-electron chi connectivity index (χ4n) is 1.10. The first kappa shape index (κ1) is 25.7. The molecule has 0 aliphatic rings. The molecule has 0 bridgehead atoms. The van der Waals surface area contributed by atoms with E-state index in [1.54, 1.807) is 41.5 Å². The number of nitrogens with one attached hydrogen (secondary N) is 2. The Morgan fingerprint density at radius 2 is 1.12 bits per heavy atom. The van der Waals surface area contributed by atoms with Gasteiger partial charge in [-0.15, -0.1) is 0 Å². The standard InChI is InChI=1S/C8H16N2O3.C8H15NO4/c1-5(6(9)11)10-7(12)13-8(2,3)4;1-5(6(10)11)9-7(12)13-8(2,3)4/h5H,1-4H3,(H2,9,11)(H,10,12);5H,1-4H3,(H,9,12)(H,10,11)/t2*5-/m00/s1. The summed E-state index contributed by atoms with van der Waals surface area (Å²) >= 11 is 0. The lowest BCUT2D eigenvalue weighted by Crippen LogP contribution is -2.44. The molecule has 0 radical (unpaired) electrons. The highest BCUT2D eigenvalue weighted by atomic mass is 16.6. The van der Waals surface area contributed by atoms with Crippen molar-refractivity contribution in [2.45, 2.75) is 78.7 Å². The van der Waals surface area contributed by atoms with Gasteiger partial charge >= 0.3 is 18.2 Å². The maximum absolute atomic E-state index is 11.0. The zero-order valence-electron chi connectivity index (χ0n) is 16.6. The van der Waals surface area contributed by atoms with E-state index >= 15 is 0 Å². The number of hydrogen-bond donors (Lipinski definition) is 4. The Kier molecular flexibility index (Phi) is 10.4. The van der Waals surface area contributed by atoms with Crippen molar-refractivity contribution < 1.29 is 33.8 Å². The summed E-state index contributed by atoms with van der Waals surface area (Å²) in [4.78, 5) is 42.9. The van der Waals surface area contributed by atoms with Crippen molar-refractivity contribution in [2.24, 2.45) is 5.73 Å². The maximum Gasteiger partial charge on any atom is 0.408 e. The maximum atomic E-state index is 11.0. The van der Waals surface area contributed by atoms with E-state index in [1.807, 2.05) is 0 Å². The first-order chi connectivity index (χ1) is 11.4. The summed E-state index contributed by atoms with van der Waals surface area (Å²) in [5.41, 5.74) is 3.76. The third-order valence-electron chi connectivity index (χ3n) is 2.26. The van der Waals surface area contributed by atoms with Crippen LogP contribution in [0.5, 0.6) is 0 Å². The molecule has 0 aliphatic heterocycles. The van der Waals surface area contributed by atoms with Crippen molar-refractivity contribution in [1.82, 2.24) is 10.6 Å². The third-order valence-corrected chi connectivity index (χ3v) is 2.26. The van der Waals surface area contributed by atoms with E-state index in [-0.39, 0.29) is 0 Å². The molecule has 0 rings (SSSR count). The molecule has 3 amide bonds. The molecule has 5 N–H and O–H groups in total. The molecule has 0 saturated heterocycles. The highest BCUT2D eigenvalue weighted by Crippen LogP contribution is 2.07. The molecule has 10 heteroatoms. The van der Waals surface area contributed by atoms with Crippen LogP contribution in [0.3, 0.4) is 0 Å². The molecule has 0 fully saturated rings. The Balaban J connectivity index is 0. The van der Waals surface area contributed by atoms with Gasteiger partial charge in [0.1, 0.15) is 23.3 Å². The SMILES string of the molecule is C[C@H](NC(=O)OC(C)(C)C)C(=O)O.C[C@H](NC(=O)OC(C)(C)C)C(N)=O. The fourth-order valence-corrected chi connectivity index (χ4v) is 1.10. The van der Waals surface area contributed by atoms with Crippen LogP contribution in [0.15, 0.2) is 0 Å². The lowest BCUT2D eigenvalue weighted by molar-refractivity contribution is -0.139. The molecule has 0 saturated carbocycles. The minimum absolute atomic E-state index is 0.568. The zero-order valence-corrected chi connectivity index (χ0v) is 16.6. The summed E-state index contributed by atoms with van der Waals surface area (Å²) in [6.45, 7) is 13.2. The molecule has 2 atom stereocenters. The molecule has 26 heavy (non-hydrogen) atoms. The van der Waals surface area contributed by atoms with E-state index < -0.39 is 47.3 Å².